The molecule has 4 heterocycles. The van der Waals surface area contributed by atoms with Gasteiger partial charge in [-0.2, -0.15) is 10.5 Å². The van der Waals surface area contributed by atoms with E-state index in [0.717, 1.165) is 74.6 Å². The van der Waals surface area contributed by atoms with Gasteiger partial charge in [0.1, 0.15) is 23.7 Å². The number of halogens is 2. The van der Waals surface area contributed by atoms with Crippen molar-refractivity contribution in [3.63, 3.8) is 0 Å². The topological polar surface area (TPSA) is 271 Å². The van der Waals surface area contributed by atoms with Crippen LogP contribution in [0, 0.1) is 22.7 Å². The van der Waals surface area contributed by atoms with E-state index >= 15 is 0 Å². The summed E-state index contributed by atoms with van der Waals surface area (Å²) in [6.45, 7) is 8.84. The van der Waals surface area contributed by atoms with Gasteiger partial charge in [0, 0.05) is 127 Å². The van der Waals surface area contributed by atoms with E-state index in [-0.39, 0.29) is 71.7 Å². The fourth-order valence-corrected chi connectivity index (χ4v) is 15.6. The summed E-state index contributed by atoms with van der Waals surface area (Å²) in [5, 5.41) is 32.9. The Morgan fingerprint density at radius 1 is 0.560 bits per heavy atom. The van der Waals surface area contributed by atoms with Crippen LogP contribution in [0.4, 0.5) is 4.79 Å². The van der Waals surface area contributed by atoms with Crippen LogP contribution in [0.1, 0.15) is 97.0 Å². The summed E-state index contributed by atoms with van der Waals surface area (Å²) in [5.41, 5.74) is 4.66. The molecule has 0 unspecified atom stereocenters. The van der Waals surface area contributed by atoms with Crippen molar-refractivity contribution >= 4 is 61.1 Å². The van der Waals surface area contributed by atoms with Gasteiger partial charge in [-0.15, -0.1) is 0 Å². The molecule has 4 amide bonds. The van der Waals surface area contributed by atoms with Crippen LogP contribution in [-0.4, -0.2) is 170 Å². The summed E-state index contributed by atoms with van der Waals surface area (Å²) < 4.78 is 72.8. The van der Waals surface area contributed by atoms with Crippen LogP contribution in [0.2, 0.25) is 10.0 Å². The molecule has 6 N–H and O–H groups in total. The number of hydrogen-bond donors (Lipinski definition) is 6. The smallest absolute Gasteiger partial charge is 0.314 e. The molecule has 4 atom stereocenters. The number of fused-ring (bicyclic) bond motifs is 2. The summed E-state index contributed by atoms with van der Waals surface area (Å²) in [5.74, 6) is 0.854. The molecule has 4 aromatic carbocycles. The van der Waals surface area contributed by atoms with E-state index in [1.54, 1.807) is 46.2 Å². The Bertz CT molecular complexity index is 3120. The number of carbonyl (C=O) groups excluding carboxylic acids is 3. The SMILES string of the molecule is N#Cc1cc(Cl)cc2c1C[C@H](N1CCNCC1)[C@H]2Oc1ccc(S(=O)(=O)NC2CCN(C(=O)CCCNC(=O)NCCCC(=O)N3CCC(NS(=O)(=O)c4ccc(O[C@H]5c6cc(Cl)cc(C#N)c6C[C@@H]5N5CCNCC5)cc4)CC3)CC2)cc1. The van der Waals surface area contributed by atoms with E-state index in [9.17, 15) is 41.7 Å². The third-order valence-corrected chi connectivity index (χ3v) is 20.5. The molecule has 4 aliphatic heterocycles. The third-order valence-electron chi connectivity index (χ3n) is 17.0. The molecule has 448 valence electrons. The van der Waals surface area contributed by atoms with Crippen LogP contribution in [0.5, 0.6) is 11.5 Å². The predicted octanol–water partition coefficient (Wildman–Crippen LogP) is 4.74. The second-order valence-corrected chi connectivity index (χ2v) is 26.6. The molecule has 0 aromatic heterocycles. The molecule has 4 fully saturated rings. The fraction of sp³-hybridized carbons (Fsp3) is 0.508. The number of amides is 4. The van der Waals surface area contributed by atoms with E-state index < -0.39 is 38.3 Å². The number of ether oxygens (including phenoxy) is 2. The van der Waals surface area contributed by atoms with Crippen molar-refractivity contribution in [1.29, 1.82) is 10.5 Å². The fourth-order valence-electron chi connectivity index (χ4n) is 12.5. The molecule has 0 radical (unpaired) electrons. The minimum atomic E-state index is -3.88. The lowest BCUT2D eigenvalue weighted by Crippen LogP contribution is -2.50. The van der Waals surface area contributed by atoms with Crippen molar-refractivity contribution in [2.45, 2.75) is 110 Å². The van der Waals surface area contributed by atoms with Crippen molar-refractivity contribution in [2.24, 2.45) is 0 Å². The molecule has 2 aliphatic carbocycles. The first-order chi connectivity index (χ1) is 40.5. The Morgan fingerprint density at radius 2 is 0.929 bits per heavy atom. The van der Waals surface area contributed by atoms with Gasteiger partial charge in [0.15, 0.2) is 0 Å². The molecule has 4 saturated heterocycles. The van der Waals surface area contributed by atoms with Gasteiger partial charge >= 0.3 is 6.03 Å². The molecular formula is C59H72Cl2N12O9S2. The predicted molar refractivity (Wildman–Crippen MR) is 316 cm³/mol. The van der Waals surface area contributed by atoms with Gasteiger partial charge in [0.2, 0.25) is 31.9 Å². The number of piperidine rings is 2. The summed E-state index contributed by atoms with van der Waals surface area (Å²) in [4.78, 5) is 47.0. The zero-order valence-corrected chi connectivity index (χ0v) is 49.9. The number of carbonyl (C=O) groups is 3. The van der Waals surface area contributed by atoms with E-state index in [0.29, 0.717) is 110 Å². The quantitative estimate of drug-likeness (QED) is 0.0653. The van der Waals surface area contributed by atoms with Gasteiger partial charge < -0.3 is 40.5 Å². The summed E-state index contributed by atoms with van der Waals surface area (Å²) >= 11 is 12.9. The Hall–Kier alpha value is -6.09. The standard InChI is InChI=1S/C59H72Cl2N12O9S2/c60-41-31-39(37-62)49-35-53(70-27-19-64-20-28-70)57(51(49)33-41)81-45-5-9-47(10-6-45)83(77,78)68-43-13-23-72(24-14-43)55(74)3-1-17-66-59(76)67-18-2-4-56(75)73-25-15-44(16-26-73)69-84(79,80)48-11-7-46(8-12-48)82-58-52-34-42(61)32-40(38-63)50(52)36-54(58)71-29-21-65-22-30-71/h5-12,31-34,43-44,53-54,57-58,64-65,68-69H,1-4,13-30,35-36H2,(H2,66,67,76)/t53-,54-,57-,58-/m0/s1. The van der Waals surface area contributed by atoms with Crippen molar-refractivity contribution in [2.75, 3.05) is 91.6 Å². The zero-order valence-electron chi connectivity index (χ0n) is 46.8. The van der Waals surface area contributed by atoms with Gasteiger partial charge in [-0.25, -0.2) is 31.1 Å². The average Bonchev–Trinajstić information content (AvgIpc) is 2.43. The molecular weight excluding hydrogens is 1160 g/mol. The van der Waals surface area contributed by atoms with Crippen molar-refractivity contribution in [3.8, 4) is 23.6 Å². The summed E-state index contributed by atoms with van der Waals surface area (Å²) in [6.07, 6.45) is 3.56. The van der Waals surface area contributed by atoms with Gasteiger partial charge in [-0.05, 0) is 146 Å². The van der Waals surface area contributed by atoms with Gasteiger partial charge in [-0.1, -0.05) is 23.2 Å². The molecule has 21 nitrogen and oxygen atoms in total. The van der Waals surface area contributed by atoms with Gasteiger partial charge in [-0.3, -0.25) is 19.4 Å². The Kier molecular flexibility index (Phi) is 20.0. The lowest BCUT2D eigenvalue weighted by atomic mass is 10.0. The normalized spacial score (nSPS) is 21.7. The van der Waals surface area contributed by atoms with Crippen molar-refractivity contribution in [1.82, 2.24) is 50.3 Å². The Morgan fingerprint density at radius 3 is 1.29 bits per heavy atom. The maximum absolute atomic E-state index is 13.5. The number of nitrogens with zero attached hydrogens (tertiary/aromatic N) is 6. The maximum atomic E-state index is 13.5. The van der Waals surface area contributed by atoms with Crippen LogP contribution in [0.3, 0.4) is 0 Å². The number of sulfonamides is 2. The van der Waals surface area contributed by atoms with E-state index in [1.165, 1.54) is 24.3 Å². The minimum absolute atomic E-state index is 0.0147. The maximum Gasteiger partial charge on any atom is 0.314 e. The molecule has 10 rings (SSSR count). The first kappa shape index (κ1) is 61.0. The zero-order chi connectivity index (χ0) is 59.0. The number of piperazine rings is 2. The lowest BCUT2D eigenvalue weighted by molar-refractivity contribution is -0.133. The van der Waals surface area contributed by atoms with E-state index in [4.69, 9.17) is 32.7 Å². The van der Waals surface area contributed by atoms with Crippen molar-refractivity contribution in [3.05, 3.63) is 116 Å². The van der Waals surface area contributed by atoms with Gasteiger partial charge in [0.05, 0.1) is 45.1 Å². The molecule has 84 heavy (non-hydrogen) atoms. The minimum Gasteiger partial charge on any atom is -0.484 e. The highest BCUT2D eigenvalue weighted by Crippen LogP contribution is 2.43. The largest absolute Gasteiger partial charge is 0.484 e. The highest BCUT2D eigenvalue weighted by atomic mass is 35.5. The van der Waals surface area contributed by atoms with Gasteiger partial charge in [0.25, 0.3) is 0 Å². The summed E-state index contributed by atoms with van der Waals surface area (Å²) in [6, 6.07) is 23.2. The Labute approximate surface area is 501 Å². The number of urea groups is 1. The molecule has 25 heteroatoms. The number of benzene rings is 4. The molecule has 0 spiro atoms. The van der Waals surface area contributed by atoms with Crippen LogP contribution in [0.25, 0.3) is 0 Å². The highest BCUT2D eigenvalue weighted by Gasteiger charge is 2.42. The number of likely N-dealkylation sites (tertiary alicyclic amines) is 2. The van der Waals surface area contributed by atoms with Crippen LogP contribution in [-0.2, 0) is 42.5 Å². The van der Waals surface area contributed by atoms with Crippen LogP contribution >= 0.6 is 23.2 Å². The Balaban J connectivity index is 0.586. The highest BCUT2D eigenvalue weighted by molar-refractivity contribution is 7.89. The van der Waals surface area contributed by atoms with E-state index in [1.807, 2.05) is 12.1 Å². The number of nitrogens with one attached hydrogen (secondary N) is 6. The molecule has 0 bridgehead atoms. The molecule has 0 saturated carbocycles. The third kappa shape index (κ3) is 14.8. The second-order valence-electron chi connectivity index (χ2n) is 22.3. The molecule has 6 aliphatic rings. The first-order valence-electron chi connectivity index (χ1n) is 29.1. The summed E-state index contributed by atoms with van der Waals surface area (Å²) in [7, 11) is -7.75. The van der Waals surface area contributed by atoms with E-state index in [2.05, 4.69) is 52.6 Å². The number of hydrogen-bond acceptors (Lipinski definition) is 15. The van der Waals surface area contributed by atoms with Crippen LogP contribution < -0.4 is 40.2 Å². The van der Waals surface area contributed by atoms with Crippen molar-refractivity contribution < 1.29 is 40.7 Å². The lowest BCUT2D eigenvalue weighted by Gasteiger charge is -2.36. The molecule has 4 aromatic rings. The number of nitriles is 2. The average molecular weight is 1230 g/mol. The van der Waals surface area contributed by atoms with Crippen LogP contribution in [0.15, 0.2) is 82.6 Å². The number of rotatable bonds is 20. The first-order valence-corrected chi connectivity index (χ1v) is 32.8. The second kappa shape index (κ2) is 27.5. The monoisotopic (exact) mass is 1230 g/mol.